The summed E-state index contributed by atoms with van der Waals surface area (Å²) in [6, 6.07) is 5.33. The zero-order valence-electron chi connectivity index (χ0n) is 9.85. The van der Waals surface area contributed by atoms with Crippen molar-refractivity contribution >= 4 is 32.6 Å². The second-order valence-electron chi connectivity index (χ2n) is 3.92. The third-order valence-electron chi connectivity index (χ3n) is 2.54. The molecule has 0 aliphatic carbocycles. The van der Waals surface area contributed by atoms with Gasteiger partial charge in [0, 0.05) is 18.7 Å². The number of aromatic nitrogens is 1. The van der Waals surface area contributed by atoms with Crippen LogP contribution in [0.5, 0.6) is 0 Å². The zero-order valence-corrected chi connectivity index (χ0v) is 10.7. The van der Waals surface area contributed by atoms with Crippen LogP contribution in [-0.2, 0) is 0 Å². The van der Waals surface area contributed by atoms with E-state index in [1.165, 1.54) is 11.3 Å². The number of hydrogen-bond acceptors (Lipinski definition) is 5. The summed E-state index contributed by atoms with van der Waals surface area (Å²) in [7, 11) is 0. The highest BCUT2D eigenvalue weighted by Crippen LogP contribution is 2.24. The van der Waals surface area contributed by atoms with Gasteiger partial charge in [-0.25, -0.2) is 4.98 Å². The smallest absolute Gasteiger partial charge is 0.251 e. The number of carbonyl (C=O) groups is 1. The maximum Gasteiger partial charge on any atom is 0.251 e. The Labute approximate surface area is 109 Å². The fourth-order valence-electron chi connectivity index (χ4n) is 1.62. The molecule has 0 saturated carbocycles. The minimum Gasteiger partial charge on any atom is -0.396 e. The summed E-state index contributed by atoms with van der Waals surface area (Å²) in [5, 5.41) is 12.0. The van der Waals surface area contributed by atoms with Crippen LogP contribution in [0, 0.1) is 0 Å². The summed E-state index contributed by atoms with van der Waals surface area (Å²) >= 11 is 1.37. The van der Waals surface area contributed by atoms with Gasteiger partial charge in [-0.1, -0.05) is 11.3 Å². The summed E-state index contributed by atoms with van der Waals surface area (Å²) in [5.74, 6) is -0.109. The largest absolute Gasteiger partial charge is 0.396 e. The lowest BCUT2D eigenvalue weighted by Gasteiger charge is -2.04. The van der Waals surface area contributed by atoms with Crippen LogP contribution >= 0.6 is 11.3 Å². The summed E-state index contributed by atoms with van der Waals surface area (Å²) in [4.78, 5) is 16.0. The van der Waals surface area contributed by atoms with E-state index in [9.17, 15) is 4.79 Å². The Hall–Kier alpha value is -1.66. The number of nitrogen functional groups attached to an aromatic ring is 1. The van der Waals surface area contributed by atoms with Crippen molar-refractivity contribution < 1.29 is 9.90 Å². The number of unbranched alkanes of at least 4 members (excludes halogenated alkanes) is 1. The SMILES string of the molecule is Nc1nc2ccc(C(=O)NCCCCO)cc2s1. The summed E-state index contributed by atoms with van der Waals surface area (Å²) in [6.07, 6.45) is 1.47. The molecule has 1 heterocycles. The summed E-state index contributed by atoms with van der Waals surface area (Å²) < 4.78 is 0.913. The van der Waals surface area contributed by atoms with Gasteiger partial charge >= 0.3 is 0 Å². The Balaban J connectivity index is 2.03. The molecule has 0 spiro atoms. The van der Waals surface area contributed by atoms with Crippen LogP contribution in [0.2, 0.25) is 0 Å². The maximum atomic E-state index is 11.8. The lowest BCUT2D eigenvalue weighted by atomic mass is 10.2. The molecular weight excluding hydrogens is 250 g/mol. The highest BCUT2D eigenvalue weighted by Gasteiger charge is 2.08. The number of aliphatic hydroxyl groups excluding tert-OH is 1. The van der Waals surface area contributed by atoms with Crippen molar-refractivity contribution in [1.82, 2.24) is 10.3 Å². The lowest BCUT2D eigenvalue weighted by Crippen LogP contribution is -2.24. The first-order valence-corrected chi connectivity index (χ1v) is 6.57. The molecule has 18 heavy (non-hydrogen) atoms. The maximum absolute atomic E-state index is 11.8. The van der Waals surface area contributed by atoms with Crippen LogP contribution in [0.4, 0.5) is 5.13 Å². The molecule has 0 aliphatic heterocycles. The van der Waals surface area contributed by atoms with Crippen LogP contribution in [0.15, 0.2) is 18.2 Å². The first-order valence-electron chi connectivity index (χ1n) is 5.76. The third kappa shape index (κ3) is 2.96. The minimum atomic E-state index is -0.109. The van der Waals surface area contributed by atoms with E-state index < -0.39 is 0 Å². The number of nitrogens with one attached hydrogen (secondary N) is 1. The second-order valence-corrected chi connectivity index (χ2v) is 4.98. The van der Waals surface area contributed by atoms with Crippen LogP contribution in [0.3, 0.4) is 0 Å². The first kappa shape index (κ1) is 12.8. The van der Waals surface area contributed by atoms with Gasteiger partial charge in [-0.2, -0.15) is 0 Å². The van der Waals surface area contributed by atoms with Crippen molar-refractivity contribution in [2.24, 2.45) is 0 Å². The topological polar surface area (TPSA) is 88.2 Å². The highest BCUT2D eigenvalue weighted by atomic mass is 32.1. The molecule has 1 amide bonds. The van der Waals surface area contributed by atoms with Crippen molar-refractivity contribution in [2.75, 3.05) is 18.9 Å². The number of anilines is 1. The van der Waals surface area contributed by atoms with Gasteiger partial charge in [-0.3, -0.25) is 4.79 Å². The van der Waals surface area contributed by atoms with Gasteiger partial charge in [0.05, 0.1) is 10.2 Å². The van der Waals surface area contributed by atoms with E-state index in [4.69, 9.17) is 10.8 Å². The standard InChI is InChI=1S/C12H15N3O2S/c13-12-15-9-4-3-8(7-10(9)18-12)11(17)14-5-1-2-6-16/h3-4,7,16H,1-2,5-6H2,(H2,13,15)(H,14,17). The average molecular weight is 265 g/mol. The molecule has 2 aromatic rings. The molecule has 4 N–H and O–H groups in total. The lowest BCUT2D eigenvalue weighted by molar-refractivity contribution is 0.0952. The van der Waals surface area contributed by atoms with Crippen molar-refractivity contribution in [3.63, 3.8) is 0 Å². The van der Waals surface area contributed by atoms with Gasteiger partial charge in [-0.15, -0.1) is 0 Å². The number of benzene rings is 1. The van der Waals surface area contributed by atoms with Crippen LogP contribution < -0.4 is 11.1 Å². The number of nitrogens with zero attached hydrogens (tertiary/aromatic N) is 1. The van der Waals surface area contributed by atoms with E-state index in [1.807, 2.05) is 0 Å². The number of thiazole rings is 1. The molecular formula is C12H15N3O2S. The predicted octanol–water partition coefficient (Wildman–Crippen LogP) is 1.38. The predicted molar refractivity (Wildman–Crippen MR) is 72.7 cm³/mol. The van der Waals surface area contributed by atoms with Gasteiger partial charge in [0.15, 0.2) is 5.13 Å². The monoisotopic (exact) mass is 265 g/mol. The Morgan fingerprint density at radius 1 is 1.44 bits per heavy atom. The zero-order chi connectivity index (χ0) is 13.0. The molecule has 1 aromatic carbocycles. The molecule has 1 aromatic heterocycles. The van der Waals surface area contributed by atoms with E-state index in [0.29, 0.717) is 23.7 Å². The Kier molecular flexibility index (Phi) is 4.11. The number of amides is 1. The normalized spacial score (nSPS) is 10.7. The van der Waals surface area contributed by atoms with Crippen LogP contribution in [0.1, 0.15) is 23.2 Å². The number of carbonyl (C=O) groups excluding carboxylic acids is 1. The molecule has 0 radical (unpaired) electrons. The summed E-state index contributed by atoms with van der Waals surface area (Å²) in [5.41, 5.74) is 7.03. The van der Waals surface area contributed by atoms with Crippen LogP contribution in [-0.4, -0.2) is 29.1 Å². The van der Waals surface area contributed by atoms with Crippen LogP contribution in [0.25, 0.3) is 10.2 Å². The molecule has 0 bridgehead atoms. The molecule has 0 aliphatic rings. The van der Waals surface area contributed by atoms with Gasteiger partial charge in [0.2, 0.25) is 0 Å². The number of nitrogens with two attached hydrogens (primary N) is 1. The molecule has 0 unspecified atom stereocenters. The minimum absolute atomic E-state index is 0.109. The fraction of sp³-hybridized carbons (Fsp3) is 0.333. The number of hydrogen-bond donors (Lipinski definition) is 3. The Bertz CT molecular complexity index is 553. The van der Waals surface area contributed by atoms with Gasteiger partial charge < -0.3 is 16.2 Å². The molecule has 0 atom stereocenters. The van der Waals surface area contributed by atoms with Crippen molar-refractivity contribution in [3.05, 3.63) is 23.8 Å². The Morgan fingerprint density at radius 3 is 3.06 bits per heavy atom. The molecule has 6 heteroatoms. The van der Waals surface area contributed by atoms with E-state index in [0.717, 1.165) is 16.6 Å². The molecule has 2 rings (SSSR count). The quantitative estimate of drug-likeness (QED) is 0.713. The van der Waals surface area contributed by atoms with Gasteiger partial charge in [0.25, 0.3) is 5.91 Å². The molecule has 0 saturated heterocycles. The number of rotatable bonds is 5. The number of aliphatic hydroxyl groups is 1. The van der Waals surface area contributed by atoms with E-state index in [2.05, 4.69) is 10.3 Å². The molecule has 0 fully saturated rings. The third-order valence-corrected chi connectivity index (χ3v) is 3.38. The van der Waals surface area contributed by atoms with E-state index in [1.54, 1.807) is 18.2 Å². The van der Waals surface area contributed by atoms with Crippen molar-refractivity contribution in [3.8, 4) is 0 Å². The first-order chi connectivity index (χ1) is 8.70. The highest BCUT2D eigenvalue weighted by molar-refractivity contribution is 7.22. The van der Waals surface area contributed by atoms with Crippen molar-refractivity contribution in [2.45, 2.75) is 12.8 Å². The summed E-state index contributed by atoms with van der Waals surface area (Å²) in [6.45, 7) is 0.726. The Morgan fingerprint density at radius 2 is 2.28 bits per heavy atom. The van der Waals surface area contributed by atoms with Crippen molar-refractivity contribution in [1.29, 1.82) is 0 Å². The second kappa shape index (κ2) is 5.79. The van der Waals surface area contributed by atoms with Gasteiger partial charge in [-0.05, 0) is 31.0 Å². The van der Waals surface area contributed by atoms with E-state index >= 15 is 0 Å². The van der Waals surface area contributed by atoms with Gasteiger partial charge in [0.1, 0.15) is 0 Å². The fourth-order valence-corrected chi connectivity index (χ4v) is 2.40. The number of fused-ring (bicyclic) bond motifs is 1. The molecule has 5 nitrogen and oxygen atoms in total. The molecule has 96 valence electrons. The average Bonchev–Trinajstić information content (AvgIpc) is 2.73. The van der Waals surface area contributed by atoms with E-state index in [-0.39, 0.29) is 12.5 Å².